The highest BCUT2D eigenvalue weighted by Gasteiger charge is 2.37. The lowest BCUT2D eigenvalue weighted by atomic mass is 9.99. The Morgan fingerprint density at radius 1 is 0.300 bits per heavy atom. The van der Waals surface area contributed by atoms with Crippen molar-refractivity contribution in [1.82, 2.24) is 78.1 Å². The number of rotatable bonds is 56. The minimum absolute atomic E-state index is 0.0192. The highest BCUT2D eigenvalue weighted by molar-refractivity contribution is 6.05. The minimum Gasteiger partial charge on any atom is -0.508 e. The second-order valence-corrected chi connectivity index (χ2v) is 32.2. The molecule has 0 aliphatic carbocycles. The van der Waals surface area contributed by atoms with E-state index in [0.717, 1.165) is 30.3 Å². The molecule has 0 saturated carbocycles. The van der Waals surface area contributed by atoms with E-state index >= 15 is 9.59 Å². The lowest BCUT2D eigenvalue weighted by molar-refractivity contribution is -0.145. The largest absolute Gasteiger partial charge is 0.508 e. The van der Waals surface area contributed by atoms with Gasteiger partial charge < -0.3 is 130 Å². The number of aromatic carboxylic acids is 4. The monoisotopic (exact) mass is 1970 g/mol. The summed E-state index contributed by atoms with van der Waals surface area (Å²) in [5.41, 5.74) is -3.46. The van der Waals surface area contributed by atoms with Crippen LogP contribution in [-0.4, -0.2) is 374 Å². The molecule has 1 unspecified atom stereocenters. The molecule has 1 aliphatic heterocycles. The number of carboxylic acids is 13. The normalized spacial score (nSPS) is 14.6. The molecule has 5 aromatic carbocycles. The van der Waals surface area contributed by atoms with E-state index in [4.69, 9.17) is 5.11 Å². The zero-order valence-corrected chi connectivity index (χ0v) is 74.7. The predicted octanol–water partition coefficient (Wildman–Crippen LogP) is -2.92. The van der Waals surface area contributed by atoms with Crippen molar-refractivity contribution >= 4 is 148 Å². The van der Waals surface area contributed by atoms with Crippen molar-refractivity contribution < 1.29 is 182 Å². The zero-order valence-electron chi connectivity index (χ0n) is 74.7. The molecule has 6 rings (SSSR count). The topological polar surface area (TPSA) is 821 Å². The predicted molar refractivity (Wildman–Crippen MR) is 477 cm³/mol. The van der Waals surface area contributed by atoms with E-state index in [2.05, 4.69) is 47.9 Å². The number of carboxylic acid groups (broad SMARTS) is 13. The second-order valence-electron chi connectivity index (χ2n) is 32.2. The average Bonchev–Trinajstić information content (AvgIpc) is 0.833. The third kappa shape index (κ3) is 39.1. The van der Waals surface area contributed by atoms with Crippen molar-refractivity contribution in [3.8, 4) is 5.75 Å². The van der Waals surface area contributed by atoms with Crippen molar-refractivity contribution in [3.05, 3.63) is 148 Å². The van der Waals surface area contributed by atoms with Gasteiger partial charge in [0.2, 0.25) is 41.4 Å². The van der Waals surface area contributed by atoms with Crippen LogP contribution in [0.15, 0.2) is 103 Å². The van der Waals surface area contributed by atoms with Gasteiger partial charge in [0.1, 0.15) is 60.1 Å². The number of unbranched alkanes of at least 4 members (excludes halogenated alkanes) is 1. The Morgan fingerprint density at radius 3 is 1.16 bits per heavy atom. The van der Waals surface area contributed by atoms with Gasteiger partial charge >= 0.3 is 83.6 Å². The van der Waals surface area contributed by atoms with E-state index in [1.807, 2.05) is 10.6 Å². The number of fused-ring (bicyclic) bond motifs is 1. The van der Waals surface area contributed by atoms with Gasteiger partial charge in [0.05, 0.1) is 48.3 Å². The fraction of sp³-hybridized carbons (Fsp3) is 0.420. The van der Waals surface area contributed by atoms with Crippen LogP contribution in [0.1, 0.15) is 150 Å². The Bertz CT molecular complexity index is 5330. The molecule has 1 saturated heterocycles. The first-order valence-corrected chi connectivity index (χ1v) is 43.2. The van der Waals surface area contributed by atoms with E-state index in [0.29, 0.717) is 22.4 Å². The third-order valence-electron chi connectivity index (χ3n) is 21.7. The maximum Gasteiger partial charge on any atom is 0.335 e. The summed E-state index contributed by atoms with van der Waals surface area (Å²) in [5, 5.41) is 165. The van der Waals surface area contributed by atoms with Gasteiger partial charge in [-0.1, -0.05) is 54.6 Å². The summed E-state index contributed by atoms with van der Waals surface area (Å²) in [6.07, 6.45) is -7.56. The number of carbonyl (C=O) groups is 23. The number of urea groups is 1. The molecule has 52 heteroatoms. The van der Waals surface area contributed by atoms with Crippen molar-refractivity contribution in [2.24, 2.45) is 0 Å². The number of phenols is 1. The lowest BCUT2D eigenvalue weighted by Gasteiger charge is -2.35. The highest BCUT2D eigenvalue weighted by atomic mass is 16.4. The molecule has 1 aliphatic rings. The number of benzene rings is 5. The van der Waals surface area contributed by atoms with Crippen LogP contribution in [0.4, 0.5) is 4.79 Å². The van der Waals surface area contributed by atoms with Gasteiger partial charge in [-0.3, -0.25) is 86.7 Å². The molecular weight excluding hydrogens is 1860 g/mol. The number of nitrogens with one attached hydrogen (secondary N) is 11. The van der Waals surface area contributed by atoms with Gasteiger partial charge in [-0.15, -0.1) is 0 Å². The summed E-state index contributed by atoms with van der Waals surface area (Å²) in [6.45, 7) is -4.45. The van der Waals surface area contributed by atoms with Crippen molar-refractivity contribution in [1.29, 1.82) is 0 Å². The number of aliphatic carboxylic acids is 9. The van der Waals surface area contributed by atoms with Crippen molar-refractivity contribution in [3.63, 3.8) is 0 Å². The molecule has 756 valence electrons. The van der Waals surface area contributed by atoms with Gasteiger partial charge in [-0.2, -0.15) is 0 Å². The fourth-order valence-electron chi connectivity index (χ4n) is 14.4. The first-order chi connectivity index (χ1) is 66.1. The summed E-state index contributed by atoms with van der Waals surface area (Å²) in [4.78, 5) is 304. The highest BCUT2D eigenvalue weighted by Crippen LogP contribution is 2.21. The summed E-state index contributed by atoms with van der Waals surface area (Å²) in [5.74, 6) is -31.1. The number of amides is 11. The number of aromatic hydroxyl groups is 1. The number of nitrogens with zero attached hydrogens (tertiary/aromatic N) is 4. The van der Waals surface area contributed by atoms with Gasteiger partial charge in [0.25, 0.3) is 11.8 Å². The first kappa shape index (κ1) is 112. The van der Waals surface area contributed by atoms with Crippen LogP contribution in [0.3, 0.4) is 0 Å². The molecular formula is C88H107N15O37. The maximum absolute atomic E-state index is 15.3. The quantitative estimate of drug-likeness (QED) is 0.0173. The molecule has 140 heavy (non-hydrogen) atoms. The van der Waals surface area contributed by atoms with Crippen LogP contribution in [-0.2, 0) is 89.6 Å². The van der Waals surface area contributed by atoms with Crippen LogP contribution >= 0.6 is 0 Å². The number of hydrogen-bond acceptors (Lipinski definition) is 28. The van der Waals surface area contributed by atoms with E-state index in [9.17, 15) is 167 Å². The summed E-state index contributed by atoms with van der Waals surface area (Å²) < 4.78 is 0. The molecule has 25 N–H and O–H groups in total. The average molecular weight is 1970 g/mol. The zero-order chi connectivity index (χ0) is 104. The molecule has 11 amide bonds. The van der Waals surface area contributed by atoms with Crippen molar-refractivity contribution in [2.75, 3.05) is 91.6 Å². The Balaban J connectivity index is 1.23. The number of phenolic OH excluding ortho intramolecular Hbond substituents is 1. The SMILES string of the molecule is O=C(O)CC[C@H](NC(=O)N[C@@H](CCC(=O)N[C@@H](CCCNC(=O)C[C@@H](NC(=O)c1cc(C(=O)O)cc(C(=O)O)c1)C(=O)NCCCC[C@@H](NC(=O)[C@@H](Cc1ccc2ccccc2c1)NC(=O)[C@@H](Cc1ccc(O)cc1)NC(=O)[C@@H](CNC(=O)c1cc(C(=O)O)cc(C(=O)O)c1)NC(=O)CCC(C(=O)O)N1CCN(CC(=O)O)CCN(CC(=O)O)CCN(CC(=O)O)CC1)C(=O)O)C(=O)O)C(=O)O)C(=O)O. The van der Waals surface area contributed by atoms with E-state index < -0.39 is 334 Å². The van der Waals surface area contributed by atoms with Crippen LogP contribution in [0, 0.1) is 0 Å². The summed E-state index contributed by atoms with van der Waals surface area (Å²) >= 11 is 0. The Labute approximate surface area is 793 Å². The Morgan fingerprint density at radius 2 is 0.693 bits per heavy atom. The molecule has 1 fully saturated rings. The Hall–Kier alpha value is -16.4. The van der Waals surface area contributed by atoms with Crippen molar-refractivity contribution in [2.45, 2.75) is 144 Å². The molecule has 5 aromatic rings. The summed E-state index contributed by atoms with van der Waals surface area (Å²) in [7, 11) is 0. The second kappa shape index (κ2) is 55.6. The Kier molecular flexibility index (Phi) is 44.6. The minimum atomic E-state index is -2.06. The van der Waals surface area contributed by atoms with Gasteiger partial charge in [-0.25, -0.2) is 43.2 Å². The molecule has 0 bridgehead atoms. The van der Waals surface area contributed by atoms with Gasteiger partial charge in [0, 0.05) is 115 Å². The molecule has 1 heterocycles. The smallest absolute Gasteiger partial charge is 0.335 e. The first-order valence-electron chi connectivity index (χ1n) is 43.2. The summed E-state index contributed by atoms with van der Waals surface area (Å²) in [6, 6.07) is 3.41. The molecule has 0 aromatic heterocycles. The molecule has 9 atom stereocenters. The van der Waals surface area contributed by atoms with E-state index in [1.54, 1.807) is 42.5 Å². The standard InChI is InChI=1S/C88H107N15O37/c104-56-14-11-46(12-15-56)33-61(97-78(121)64(42-91-73(116)50-35-52(79(122)123)39-53(36-50)80(124)125)93-67(106)20-18-65(87(138)139)103-30-28-101(44-71(112)113)26-24-100(43-70(110)111)25-27-102(29-31-103)45-72(114)115)77(120)96-62(34-47-10-13-48-6-1-2-7-49(48)32-47)76(119)94-58(84(132)133)8-3-4-22-90-75(118)63(95-74(117)51-37-54(81(126)127)40-55(38-51)82(128)129)41-68(107)89-23-5-9-57(83(130)131)92-66(105)19-16-59(85(134)135)98-88(140)99-60(86(136)137)17-21-69(108)109/h1-2,6-7,10-15,32,35-40,57-65,104H,3-5,8-9,16-31,33-34,41-45H2,(H,89,107)(H,90,118)(H,91,116)(H,92,105)(H,93,106)(H,94,119)(H,95,117)(H,96,120)(H,97,121)(H,108,109)(H,110,111)(H,112,113)(H,114,115)(H,122,123)(H,124,125)(H,126,127)(H,128,129)(H,130,131)(H,132,133)(H,134,135)(H,136,137)(H,138,139)(H2,98,99,140)/t57-,58+,59-,60-,61+,62+,63+,64+,65?/m0/s1. The van der Waals surface area contributed by atoms with Crippen LogP contribution < -0.4 is 58.5 Å². The number of carbonyl (C=O) groups excluding carboxylic acids is 10. The fourth-order valence-corrected chi connectivity index (χ4v) is 14.4. The van der Waals surface area contributed by atoms with E-state index in [1.165, 1.54) is 43.9 Å². The molecule has 0 radical (unpaired) electrons. The van der Waals surface area contributed by atoms with Crippen LogP contribution in [0.5, 0.6) is 5.75 Å². The van der Waals surface area contributed by atoms with Gasteiger partial charge in [0.15, 0.2) is 0 Å². The lowest BCUT2D eigenvalue weighted by Crippen LogP contribution is -2.60. The number of hydrogen-bond donors (Lipinski definition) is 25. The van der Waals surface area contributed by atoms with Gasteiger partial charge in [-0.05, 0) is 122 Å². The maximum atomic E-state index is 15.3. The third-order valence-corrected chi connectivity index (χ3v) is 21.7. The molecule has 52 nitrogen and oxygen atoms in total. The molecule has 0 spiro atoms. The van der Waals surface area contributed by atoms with Crippen LogP contribution in [0.2, 0.25) is 0 Å². The van der Waals surface area contributed by atoms with Crippen LogP contribution in [0.25, 0.3) is 10.8 Å². The van der Waals surface area contributed by atoms with E-state index in [-0.39, 0.29) is 82.9 Å².